The second kappa shape index (κ2) is 7.00. The van der Waals surface area contributed by atoms with Crippen molar-refractivity contribution in [3.8, 4) is 0 Å². The molecule has 4 nitrogen and oxygen atoms in total. The summed E-state index contributed by atoms with van der Waals surface area (Å²) in [6.07, 6.45) is 0. The van der Waals surface area contributed by atoms with E-state index in [0.717, 1.165) is 6.07 Å². The molecule has 0 spiro atoms. The summed E-state index contributed by atoms with van der Waals surface area (Å²) in [5, 5.41) is 14.4. The highest BCUT2D eigenvalue weighted by molar-refractivity contribution is 5.96. The Labute approximate surface area is 126 Å². The summed E-state index contributed by atoms with van der Waals surface area (Å²) >= 11 is 0. The summed E-state index contributed by atoms with van der Waals surface area (Å²) in [5.41, 5.74) is 1.29. The van der Waals surface area contributed by atoms with Gasteiger partial charge in [0.1, 0.15) is 17.7 Å². The van der Waals surface area contributed by atoms with Crippen LogP contribution >= 0.6 is 0 Å². The third-order valence-electron chi connectivity index (χ3n) is 3.08. The first-order chi connectivity index (χ1) is 10.5. The van der Waals surface area contributed by atoms with Crippen molar-refractivity contribution in [3.63, 3.8) is 0 Å². The Morgan fingerprint density at radius 2 is 2.00 bits per heavy atom. The molecule has 0 heterocycles. The van der Waals surface area contributed by atoms with Gasteiger partial charge in [-0.15, -0.1) is 0 Å². The monoisotopic (exact) mass is 306 g/mol. The van der Waals surface area contributed by atoms with Crippen LogP contribution in [0.4, 0.5) is 20.2 Å². The number of benzene rings is 2. The number of aliphatic hydroxyl groups excluding tert-OH is 1. The number of carbonyl (C=O) groups is 1. The number of rotatable bonds is 5. The molecule has 6 heteroatoms. The van der Waals surface area contributed by atoms with Gasteiger partial charge in [0.05, 0.1) is 12.3 Å². The molecule has 0 saturated carbocycles. The third kappa shape index (κ3) is 4.02. The predicted molar refractivity (Wildman–Crippen MR) is 80.4 cm³/mol. The lowest BCUT2D eigenvalue weighted by molar-refractivity contribution is -0.116. The minimum atomic E-state index is -0.831. The zero-order chi connectivity index (χ0) is 16.1. The molecule has 1 unspecified atom stereocenters. The molecule has 2 aromatic carbocycles. The lowest BCUT2D eigenvalue weighted by atomic mass is 10.2. The normalized spacial score (nSPS) is 11.8. The summed E-state index contributed by atoms with van der Waals surface area (Å²) in [5.74, 6) is -2.00. The van der Waals surface area contributed by atoms with Gasteiger partial charge in [0.25, 0.3) is 0 Å². The molecule has 0 saturated heterocycles. The Bertz CT molecular complexity index is 677. The lowest BCUT2D eigenvalue weighted by Crippen LogP contribution is -2.32. The Balaban J connectivity index is 2.02. The molecule has 3 N–H and O–H groups in total. The highest BCUT2D eigenvalue weighted by atomic mass is 19.1. The predicted octanol–water partition coefficient (Wildman–Crippen LogP) is 2.90. The molecule has 0 aliphatic rings. The fourth-order valence-corrected chi connectivity index (χ4v) is 1.91. The van der Waals surface area contributed by atoms with E-state index in [1.807, 2.05) is 0 Å². The van der Waals surface area contributed by atoms with Crippen LogP contribution in [-0.2, 0) is 11.4 Å². The molecule has 0 aromatic heterocycles. The number of hydrogen-bond donors (Lipinski definition) is 3. The second-order valence-corrected chi connectivity index (χ2v) is 4.84. The Morgan fingerprint density at radius 1 is 1.23 bits per heavy atom. The summed E-state index contributed by atoms with van der Waals surface area (Å²) in [6, 6.07) is 9.27. The summed E-state index contributed by atoms with van der Waals surface area (Å²) in [6.45, 7) is 1.51. The van der Waals surface area contributed by atoms with Crippen LogP contribution in [0, 0.1) is 11.6 Å². The minimum absolute atomic E-state index is 0.0795. The molecule has 0 bridgehead atoms. The molecule has 2 rings (SSSR count). The van der Waals surface area contributed by atoms with Gasteiger partial charge in [-0.1, -0.05) is 12.1 Å². The van der Waals surface area contributed by atoms with Gasteiger partial charge >= 0.3 is 0 Å². The van der Waals surface area contributed by atoms with Crippen molar-refractivity contribution < 1.29 is 18.7 Å². The quantitative estimate of drug-likeness (QED) is 0.796. The highest BCUT2D eigenvalue weighted by Crippen LogP contribution is 2.16. The number of halogens is 2. The van der Waals surface area contributed by atoms with E-state index in [9.17, 15) is 13.6 Å². The molecule has 0 fully saturated rings. The van der Waals surface area contributed by atoms with Crippen molar-refractivity contribution >= 4 is 17.3 Å². The topological polar surface area (TPSA) is 61.4 Å². The smallest absolute Gasteiger partial charge is 0.246 e. The van der Waals surface area contributed by atoms with Gasteiger partial charge in [-0.05, 0) is 36.8 Å². The average Bonchev–Trinajstić information content (AvgIpc) is 2.50. The van der Waals surface area contributed by atoms with E-state index in [4.69, 9.17) is 5.11 Å². The lowest BCUT2D eigenvalue weighted by Gasteiger charge is -2.16. The van der Waals surface area contributed by atoms with Crippen LogP contribution < -0.4 is 10.6 Å². The summed E-state index contributed by atoms with van der Waals surface area (Å²) < 4.78 is 26.3. The van der Waals surface area contributed by atoms with E-state index in [-0.39, 0.29) is 12.3 Å². The van der Waals surface area contributed by atoms with Crippen LogP contribution in [0.15, 0.2) is 42.5 Å². The number of anilines is 2. The van der Waals surface area contributed by atoms with Crippen LogP contribution in [0.2, 0.25) is 0 Å². The van der Waals surface area contributed by atoms with E-state index in [2.05, 4.69) is 10.6 Å². The van der Waals surface area contributed by atoms with Crippen molar-refractivity contribution in [2.45, 2.75) is 19.6 Å². The molecule has 0 aliphatic heterocycles. The van der Waals surface area contributed by atoms with Crippen molar-refractivity contribution in [2.24, 2.45) is 0 Å². The van der Waals surface area contributed by atoms with Gasteiger partial charge in [-0.2, -0.15) is 0 Å². The van der Waals surface area contributed by atoms with Crippen molar-refractivity contribution in [1.29, 1.82) is 0 Å². The van der Waals surface area contributed by atoms with Crippen LogP contribution in [-0.4, -0.2) is 17.1 Å². The molecule has 1 atom stereocenters. The maximum atomic E-state index is 13.5. The fourth-order valence-electron chi connectivity index (χ4n) is 1.91. The molecule has 2 aromatic rings. The Hall–Kier alpha value is -2.47. The van der Waals surface area contributed by atoms with Gasteiger partial charge in [0, 0.05) is 11.8 Å². The minimum Gasteiger partial charge on any atom is -0.392 e. The maximum Gasteiger partial charge on any atom is 0.246 e. The second-order valence-electron chi connectivity index (χ2n) is 4.84. The fraction of sp³-hybridized carbons (Fsp3) is 0.188. The van der Waals surface area contributed by atoms with Crippen LogP contribution in [0.1, 0.15) is 12.5 Å². The number of amides is 1. The van der Waals surface area contributed by atoms with E-state index >= 15 is 0 Å². The molecule has 22 heavy (non-hydrogen) atoms. The van der Waals surface area contributed by atoms with E-state index in [1.54, 1.807) is 31.2 Å². The zero-order valence-electron chi connectivity index (χ0n) is 11.9. The highest BCUT2D eigenvalue weighted by Gasteiger charge is 2.15. The number of carbonyl (C=O) groups excluding carboxylic acids is 1. The molecular formula is C16H16F2N2O2. The van der Waals surface area contributed by atoms with Crippen LogP contribution in [0.25, 0.3) is 0 Å². The first-order valence-corrected chi connectivity index (χ1v) is 6.72. The molecular weight excluding hydrogens is 290 g/mol. The zero-order valence-corrected chi connectivity index (χ0v) is 11.9. The van der Waals surface area contributed by atoms with Crippen LogP contribution in [0.3, 0.4) is 0 Å². The number of aliphatic hydroxyl groups is 1. The molecule has 1 amide bonds. The summed E-state index contributed by atoms with van der Waals surface area (Å²) in [7, 11) is 0. The van der Waals surface area contributed by atoms with Gasteiger partial charge in [-0.3, -0.25) is 4.79 Å². The number of hydrogen-bond acceptors (Lipinski definition) is 3. The third-order valence-corrected chi connectivity index (χ3v) is 3.08. The largest absolute Gasteiger partial charge is 0.392 e. The summed E-state index contributed by atoms with van der Waals surface area (Å²) in [4.78, 5) is 12.0. The molecule has 116 valence electrons. The SMILES string of the molecule is CC(Nc1cccc(CO)c1)C(=O)Nc1ccc(F)cc1F. The number of nitrogens with one attached hydrogen (secondary N) is 2. The molecule has 0 aliphatic carbocycles. The first kappa shape index (κ1) is 15.9. The van der Waals surface area contributed by atoms with Crippen molar-refractivity contribution in [1.82, 2.24) is 0 Å². The Kier molecular flexibility index (Phi) is 5.06. The van der Waals surface area contributed by atoms with E-state index in [1.165, 1.54) is 6.07 Å². The van der Waals surface area contributed by atoms with Crippen LogP contribution in [0.5, 0.6) is 0 Å². The Morgan fingerprint density at radius 3 is 2.68 bits per heavy atom. The van der Waals surface area contributed by atoms with Gasteiger partial charge in [-0.25, -0.2) is 8.78 Å². The van der Waals surface area contributed by atoms with E-state index < -0.39 is 23.6 Å². The molecule has 0 radical (unpaired) electrons. The first-order valence-electron chi connectivity index (χ1n) is 6.72. The maximum absolute atomic E-state index is 13.5. The van der Waals surface area contributed by atoms with Gasteiger partial charge < -0.3 is 15.7 Å². The standard InChI is InChI=1S/C16H16F2N2O2/c1-10(19-13-4-2-3-11(7-13)9-21)16(22)20-15-6-5-12(17)8-14(15)18/h2-8,10,19,21H,9H2,1H3,(H,20,22). The van der Waals surface area contributed by atoms with Crippen molar-refractivity contribution in [3.05, 3.63) is 59.7 Å². The van der Waals surface area contributed by atoms with Crippen molar-refractivity contribution in [2.75, 3.05) is 10.6 Å². The van der Waals surface area contributed by atoms with E-state index in [0.29, 0.717) is 17.3 Å². The average molecular weight is 306 g/mol. The van der Waals surface area contributed by atoms with Gasteiger partial charge in [0.2, 0.25) is 5.91 Å². The van der Waals surface area contributed by atoms with Gasteiger partial charge in [0.15, 0.2) is 0 Å².